The maximum Gasteiger partial charge on any atom is 0.253 e. The van der Waals surface area contributed by atoms with Gasteiger partial charge in [-0.25, -0.2) is 0 Å². The van der Waals surface area contributed by atoms with E-state index in [4.69, 9.17) is 16.1 Å². The number of halogens is 1. The molecule has 2 fully saturated rings. The van der Waals surface area contributed by atoms with Crippen LogP contribution in [0.2, 0.25) is 5.02 Å². The highest BCUT2D eigenvalue weighted by Crippen LogP contribution is 2.20. The third-order valence-electron chi connectivity index (χ3n) is 6.33. The van der Waals surface area contributed by atoms with Crippen LogP contribution in [0.1, 0.15) is 34.7 Å². The van der Waals surface area contributed by atoms with E-state index >= 15 is 0 Å². The molecule has 0 atom stereocenters. The minimum absolute atomic E-state index is 0.0336. The molecule has 3 heterocycles. The molecule has 9 heteroatoms. The van der Waals surface area contributed by atoms with Crippen molar-refractivity contribution in [3.05, 3.63) is 70.6 Å². The molecule has 0 aliphatic carbocycles. The molecule has 3 aromatic rings. The normalized spacial score (nSPS) is 16.9. The zero-order valence-corrected chi connectivity index (χ0v) is 19.6. The van der Waals surface area contributed by atoms with E-state index in [0.29, 0.717) is 54.9 Å². The van der Waals surface area contributed by atoms with E-state index in [9.17, 15) is 9.59 Å². The van der Waals surface area contributed by atoms with E-state index in [2.05, 4.69) is 15.0 Å². The lowest BCUT2D eigenvalue weighted by Gasteiger charge is -2.34. The first-order chi connectivity index (χ1) is 16.5. The number of carbonyl (C=O) groups excluding carboxylic acids is 2. The Morgan fingerprint density at radius 2 is 1.68 bits per heavy atom. The molecule has 2 aromatic carbocycles. The van der Waals surface area contributed by atoms with Crippen molar-refractivity contribution in [1.29, 1.82) is 0 Å². The molecule has 0 spiro atoms. The zero-order chi connectivity index (χ0) is 23.5. The average Bonchev–Trinajstić information content (AvgIpc) is 3.49. The fourth-order valence-electron chi connectivity index (χ4n) is 4.36. The van der Waals surface area contributed by atoms with Gasteiger partial charge in [0.25, 0.3) is 5.91 Å². The van der Waals surface area contributed by atoms with E-state index < -0.39 is 0 Å². The smallest absolute Gasteiger partial charge is 0.253 e. The molecular weight excluding hydrogens is 454 g/mol. The topological polar surface area (TPSA) is 82.8 Å². The van der Waals surface area contributed by atoms with Crippen molar-refractivity contribution in [3.8, 4) is 11.4 Å². The second kappa shape index (κ2) is 9.95. The maximum absolute atomic E-state index is 12.9. The zero-order valence-electron chi connectivity index (χ0n) is 18.8. The Balaban J connectivity index is 1.12. The lowest BCUT2D eigenvalue weighted by Crippen LogP contribution is -2.48. The Bertz CT molecular complexity index is 1150. The second-order valence-electron chi connectivity index (χ2n) is 8.70. The number of hydrogen-bond acceptors (Lipinski definition) is 6. The van der Waals surface area contributed by atoms with Crippen molar-refractivity contribution in [1.82, 2.24) is 24.8 Å². The van der Waals surface area contributed by atoms with Crippen molar-refractivity contribution in [3.63, 3.8) is 0 Å². The van der Waals surface area contributed by atoms with Crippen LogP contribution in [-0.4, -0.2) is 69.4 Å². The van der Waals surface area contributed by atoms with Gasteiger partial charge < -0.3 is 14.3 Å². The fourth-order valence-corrected chi connectivity index (χ4v) is 4.49. The Morgan fingerprint density at radius 3 is 2.35 bits per heavy atom. The molecule has 0 N–H and O–H groups in total. The average molecular weight is 480 g/mol. The predicted octanol–water partition coefficient (Wildman–Crippen LogP) is 3.47. The van der Waals surface area contributed by atoms with Gasteiger partial charge in [0.05, 0.1) is 6.54 Å². The van der Waals surface area contributed by atoms with Gasteiger partial charge in [-0.05, 0) is 48.4 Å². The van der Waals surface area contributed by atoms with Crippen LogP contribution in [0.3, 0.4) is 0 Å². The van der Waals surface area contributed by atoms with Gasteiger partial charge in [0, 0.05) is 61.8 Å². The fraction of sp³-hybridized carbons (Fsp3) is 0.360. The van der Waals surface area contributed by atoms with Crippen LogP contribution in [0.25, 0.3) is 11.4 Å². The number of amides is 2. The van der Waals surface area contributed by atoms with Gasteiger partial charge in [-0.1, -0.05) is 28.9 Å². The molecule has 8 nitrogen and oxygen atoms in total. The summed E-state index contributed by atoms with van der Waals surface area (Å²) >= 11 is 5.94. The van der Waals surface area contributed by atoms with Crippen LogP contribution < -0.4 is 0 Å². The third kappa shape index (κ3) is 5.13. The van der Waals surface area contributed by atoms with E-state index in [-0.39, 0.29) is 11.8 Å². The van der Waals surface area contributed by atoms with Crippen molar-refractivity contribution >= 4 is 23.4 Å². The van der Waals surface area contributed by atoms with Gasteiger partial charge in [0.2, 0.25) is 17.6 Å². The molecule has 0 unspecified atom stereocenters. The summed E-state index contributed by atoms with van der Waals surface area (Å²) in [5.41, 5.74) is 2.58. The summed E-state index contributed by atoms with van der Waals surface area (Å²) in [6, 6.07) is 14.9. The lowest BCUT2D eigenvalue weighted by molar-refractivity contribution is -0.128. The molecular formula is C25H26ClN5O3. The first-order valence-corrected chi connectivity index (χ1v) is 11.9. The van der Waals surface area contributed by atoms with Gasteiger partial charge in [-0.2, -0.15) is 4.98 Å². The number of carbonyl (C=O) groups is 2. The molecule has 2 saturated heterocycles. The summed E-state index contributed by atoms with van der Waals surface area (Å²) < 4.78 is 5.42. The quantitative estimate of drug-likeness (QED) is 0.538. The minimum atomic E-state index is 0.0336. The monoisotopic (exact) mass is 479 g/mol. The minimum Gasteiger partial charge on any atom is -0.338 e. The molecule has 34 heavy (non-hydrogen) atoms. The molecule has 176 valence electrons. The highest BCUT2D eigenvalue weighted by Gasteiger charge is 2.24. The summed E-state index contributed by atoms with van der Waals surface area (Å²) in [7, 11) is 0. The number of rotatable bonds is 6. The number of piperazine rings is 1. The summed E-state index contributed by atoms with van der Waals surface area (Å²) in [6.07, 6.45) is 1.57. The molecule has 5 rings (SSSR count). The third-order valence-corrected chi connectivity index (χ3v) is 6.59. The maximum atomic E-state index is 12.9. The van der Waals surface area contributed by atoms with Crippen LogP contribution in [0.5, 0.6) is 0 Å². The number of hydrogen-bond donors (Lipinski definition) is 0. The summed E-state index contributed by atoms with van der Waals surface area (Å²) in [6.45, 7) is 4.73. The lowest BCUT2D eigenvalue weighted by atomic mass is 10.1. The van der Waals surface area contributed by atoms with E-state index in [1.165, 1.54) is 0 Å². The van der Waals surface area contributed by atoms with E-state index in [0.717, 1.165) is 37.2 Å². The van der Waals surface area contributed by atoms with Crippen LogP contribution in [-0.2, 0) is 17.9 Å². The number of nitrogens with zero attached hydrogens (tertiary/aromatic N) is 5. The standard InChI is InChI=1S/C25H26ClN5O3/c26-21-9-7-19(8-10-21)24-27-22(34-28-24)17-29-12-14-30(15-13-29)25(33)20-5-3-18(4-6-20)16-31-11-1-2-23(31)32/h3-10H,1-2,11-17H2. The van der Waals surface area contributed by atoms with Crippen molar-refractivity contribution < 1.29 is 14.1 Å². The van der Waals surface area contributed by atoms with Crippen molar-refractivity contribution in [2.45, 2.75) is 25.9 Å². The first-order valence-electron chi connectivity index (χ1n) is 11.5. The highest BCUT2D eigenvalue weighted by atomic mass is 35.5. The second-order valence-corrected chi connectivity index (χ2v) is 9.14. The van der Waals surface area contributed by atoms with Crippen LogP contribution in [0.4, 0.5) is 0 Å². The van der Waals surface area contributed by atoms with Gasteiger partial charge in [-0.3, -0.25) is 14.5 Å². The highest BCUT2D eigenvalue weighted by molar-refractivity contribution is 6.30. The first kappa shape index (κ1) is 22.6. The molecule has 2 aliphatic rings. The number of benzene rings is 2. The Morgan fingerprint density at radius 1 is 0.941 bits per heavy atom. The Hall–Kier alpha value is -3.23. The Kier molecular flexibility index (Phi) is 6.60. The van der Waals surface area contributed by atoms with Gasteiger partial charge in [0.1, 0.15) is 0 Å². The Labute approximate surface area is 203 Å². The van der Waals surface area contributed by atoms with Crippen molar-refractivity contribution in [2.24, 2.45) is 0 Å². The van der Waals surface area contributed by atoms with E-state index in [1.54, 1.807) is 12.1 Å². The van der Waals surface area contributed by atoms with Crippen LogP contribution >= 0.6 is 11.6 Å². The SMILES string of the molecule is O=C1CCCN1Cc1ccc(C(=O)N2CCN(Cc3nc(-c4ccc(Cl)cc4)no3)CC2)cc1. The summed E-state index contributed by atoms with van der Waals surface area (Å²) in [5.74, 6) is 1.33. The van der Waals surface area contributed by atoms with Crippen molar-refractivity contribution in [2.75, 3.05) is 32.7 Å². The predicted molar refractivity (Wildman–Crippen MR) is 127 cm³/mol. The molecule has 0 radical (unpaired) electrons. The van der Waals surface area contributed by atoms with E-state index in [1.807, 2.05) is 46.2 Å². The molecule has 2 amide bonds. The molecule has 2 aliphatic heterocycles. The van der Waals surface area contributed by atoms with Crippen LogP contribution in [0, 0.1) is 0 Å². The van der Waals surface area contributed by atoms with Gasteiger partial charge in [0.15, 0.2) is 0 Å². The van der Waals surface area contributed by atoms with Gasteiger partial charge >= 0.3 is 0 Å². The summed E-state index contributed by atoms with van der Waals surface area (Å²) in [4.78, 5) is 35.2. The number of aromatic nitrogens is 2. The largest absolute Gasteiger partial charge is 0.338 e. The molecule has 0 bridgehead atoms. The molecule has 0 saturated carbocycles. The van der Waals surface area contributed by atoms with Gasteiger partial charge in [-0.15, -0.1) is 0 Å². The summed E-state index contributed by atoms with van der Waals surface area (Å²) in [5, 5.41) is 4.73. The molecule has 1 aromatic heterocycles. The number of likely N-dealkylation sites (tertiary alicyclic amines) is 1. The van der Waals surface area contributed by atoms with Crippen LogP contribution in [0.15, 0.2) is 53.1 Å².